The minimum atomic E-state index is -3.82. The largest absolute Gasteiger partial charge is 0.361 e. The first-order chi connectivity index (χ1) is 12.8. The predicted molar refractivity (Wildman–Crippen MR) is 100 cm³/mol. The van der Waals surface area contributed by atoms with Crippen LogP contribution in [0.2, 0.25) is 5.02 Å². The molecule has 0 aliphatic rings. The van der Waals surface area contributed by atoms with Gasteiger partial charge in [-0.25, -0.2) is 12.8 Å². The molecule has 0 saturated heterocycles. The van der Waals surface area contributed by atoms with Crippen molar-refractivity contribution in [2.75, 3.05) is 0 Å². The Morgan fingerprint density at radius 3 is 2.22 bits per heavy atom. The third kappa shape index (κ3) is 4.37. The number of sulfonamides is 1. The van der Waals surface area contributed by atoms with E-state index < -0.39 is 10.0 Å². The molecule has 0 spiro atoms. The van der Waals surface area contributed by atoms with Gasteiger partial charge in [0.15, 0.2) is 0 Å². The zero-order valence-corrected chi connectivity index (χ0v) is 16.4. The summed E-state index contributed by atoms with van der Waals surface area (Å²) in [6.45, 7) is 3.66. The normalized spacial score (nSPS) is 11.9. The Labute approximate surface area is 162 Å². The maximum atomic E-state index is 13.2. The van der Waals surface area contributed by atoms with Crippen molar-refractivity contribution in [2.45, 2.75) is 31.8 Å². The molecule has 0 saturated carbocycles. The lowest BCUT2D eigenvalue weighted by Crippen LogP contribution is -2.30. The summed E-state index contributed by atoms with van der Waals surface area (Å²) in [6.07, 6.45) is 0. The van der Waals surface area contributed by atoms with Gasteiger partial charge in [0.1, 0.15) is 11.6 Å². The van der Waals surface area contributed by atoms with Crippen LogP contribution in [0.4, 0.5) is 4.39 Å². The molecule has 0 bridgehead atoms. The van der Waals surface area contributed by atoms with Gasteiger partial charge in [0.2, 0.25) is 10.0 Å². The number of benzene rings is 2. The van der Waals surface area contributed by atoms with E-state index >= 15 is 0 Å². The van der Waals surface area contributed by atoms with Gasteiger partial charge in [-0.1, -0.05) is 28.9 Å². The van der Waals surface area contributed by atoms with Crippen molar-refractivity contribution in [3.63, 3.8) is 0 Å². The minimum absolute atomic E-state index is 0.0787. The molecule has 5 nitrogen and oxygen atoms in total. The summed E-state index contributed by atoms with van der Waals surface area (Å²) in [5.74, 6) is 0.180. The molecule has 0 atom stereocenters. The van der Waals surface area contributed by atoms with E-state index in [1.54, 1.807) is 26.0 Å². The van der Waals surface area contributed by atoms with Crippen LogP contribution >= 0.6 is 11.6 Å². The minimum Gasteiger partial charge on any atom is -0.361 e. The van der Waals surface area contributed by atoms with E-state index in [-0.39, 0.29) is 23.8 Å². The molecule has 2 aromatic carbocycles. The van der Waals surface area contributed by atoms with Gasteiger partial charge < -0.3 is 4.52 Å². The highest BCUT2D eigenvalue weighted by atomic mass is 35.5. The molecule has 0 radical (unpaired) electrons. The summed E-state index contributed by atoms with van der Waals surface area (Å²) in [5.41, 5.74) is 2.00. The molecule has 0 unspecified atom stereocenters. The third-order valence-corrected chi connectivity index (χ3v) is 6.30. The van der Waals surface area contributed by atoms with Gasteiger partial charge in [0.05, 0.1) is 10.6 Å². The van der Waals surface area contributed by atoms with Gasteiger partial charge in [-0.2, -0.15) is 4.31 Å². The van der Waals surface area contributed by atoms with E-state index in [1.807, 2.05) is 0 Å². The van der Waals surface area contributed by atoms with Crippen molar-refractivity contribution in [1.82, 2.24) is 9.46 Å². The SMILES string of the molecule is Cc1noc(C)c1CN(Cc1ccc(F)cc1)S(=O)(=O)c1ccc(Cl)cc1. The fourth-order valence-electron chi connectivity index (χ4n) is 2.68. The van der Waals surface area contributed by atoms with Crippen molar-refractivity contribution >= 4 is 21.6 Å². The fraction of sp³-hybridized carbons (Fsp3) is 0.211. The zero-order valence-electron chi connectivity index (χ0n) is 14.8. The van der Waals surface area contributed by atoms with Crippen molar-refractivity contribution in [3.05, 3.63) is 82.0 Å². The van der Waals surface area contributed by atoms with Crippen LogP contribution in [0.5, 0.6) is 0 Å². The molecular formula is C19H18ClFN2O3S. The molecule has 8 heteroatoms. The molecule has 1 aromatic heterocycles. The third-order valence-electron chi connectivity index (χ3n) is 4.24. The first kappa shape index (κ1) is 19.5. The number of hydrogen-bond acceptors (Lipinski definition) is 4. The quantitative estimate of drug-likeness (QED) is 0.603. The molecule has 3 rings (SSSR count). The first-order valence-electron chi connectivity index (χ1n) is 8.19. The van der Waals surface area contributed by atoms with Gasteiger partial charge in [-0.15, -0.1) is 0 Å². The number of halogens is 2. The van der Waals surface area contributed by atoms with Crippen LogP contribution in [0.3, 0.4) is 0 Å². The van der Waals surface area contributed by atoms with Gasteiger partial charge in [0, 0.05) is 23.7 Å². The predicted octanol–water partition coefficient (Wildman–Crippen LogP) is 4.48. The molecule has 0 N–H and O–H groups in total. The Balaban J connectivity index is 2.00. The highest BCUT2D eigenvalue weighted by Gasteiger charge is 2.27. The lowest BCUT2D eigenvalue weighted by molar-refractivity contribution is 0.381. The number of aromatic nitrogens is 1. The van der Waals surface area contributed by atoms with Crippen LogP contribution in [-0.2, 0) is 23.1 Å². The van der Waals surface area contributed by atoms with Crippen LogP contribution in [-0.4, -0.2) is 17.9 Å². The van der Waals surface area contributed by atoms with Gasteiger partial charge in [-0.05, 0) is 55.8 Å². The molecule has 0 aliphatic heterocycles. The van der Waals surface area contributed by atoms with Crippen molar-refractivity contribution in [3.8, 4) is 0 Å². The first-order valence-corrected chi connectivity index (χ1v) is 10.0. The Bertz CT molecular complexity index is 1010. The smallest absolute Gasteiger partial charge is 0.243 e. The van der Waals surface area contributed by atoms with E-state index in [0.717, 1.165) is 0 Å². The highest BCUT2D eigenvalue weighted by molar-refractivity contribution is 7.89. The summed E-state index contributed by atoms with van der Waals surface area (Å²) in [6, 6.07) is 11.7. The van der Waals surface area contributed by atoms with Gasteiger partial charge >= 0.3 is 0 Å². The van der Waals surface area contributed by atoms with Crippen LogP contribution in [0.15, 0.2) is 57.9 Å². The summed E-state index contributed by atoms with van der Waals surface area (Å²) in [5, 5.41) is 4.34. The van der Waals surface area contributed by atoms with E-state index in [2.05, 4.69) is 5.16 Å². The number of nitrogens with zero attached hydrogens (tertiary/aromatic N) is 2. The van der Waals surface area contributed by atoms with Crippen LogP contribution in [0.25, 0.3) is 0 Å². The van der Waals surface area contributed by atoms with Crippen molar-refractivity contribution in [1.29, 1.82) is 0 Å². The molecular weight excluding hydrogens is 391 g/mol. The Kier molecular flexibility index (Phi) is 5.64. The van der Waals surface area contributed by atoms with Crippen LogP contribution in [0, 0.1) is 19.7 Å². The molecule has 0 aliphatic carbocycles. The average molecular weight is 409 g/mol. The molecule has 0 fully saturated rings. The second kappa shape index (κ2) is 7.80. The molecule has 0 amide bonds. The Morgan fingerprint density at radius 2 is 1.67 bits per heavy atom. The summed E-state index contributed by atoms with van der Waals surface area (Å²) in [4.78, 5) is 0.126. The van der Waals surface area contributed by atoms with Gasteiger partial charge in [0.25, 0.3) is 0 Å². The molecule has 3 aromatic rings. The summed E-state index contributed by atoms with van der Waals surface area (Å²) >= 11 is 5.88. The van der Waals surface area contributed by atoms with Crippen LogP contribution < -0.4 is 0 Å². The topological polar surface area (TPSA) is 63.4 Å². The lowest BCUT2D eigenvalue weighted by atomic mass is 10.2. The second-order valence-corrected chi connectivity index (χ2v) is 8.53. The Hall–Kier alpha value is -2.22. The van der Waals surface area contributed by atoms with E-state index in [1.165, 1.54) is 40.7 Å². The second-order valence-electron chi connectivity index (χ2n) is 6.16. The lowest BCUT2D eigenvalue weighted by Gasteiger charge is -2.22. The molecule has 27 heavy (non-hydrogen) atoms. The standard InChI is InChI=1S/C19H18ClFN2O3S/c1-13-19(14(2)26-22-13)12-23(11-15-3-7-17(21)8-4-15)27(24,25)18-9-5-16(20)6-10-18/h3-10H,11-12H2,1-2H3. The van der Waals surface area contributed by atoms with Gasteiger partial charge in [-0.3, -0.25) is 0 Å². The maximum Gasteiger partial charge on any atom is 0.243 e. The van der Waals surface area contributed by atoms with Crippen molar-refractivity contribution < 1.29 is 17.3 Å². The Morgan fingerprint density at radius 1 is 1.04 bits per heavy atom. The molecule has 142 valence electrons. The number of aryl methyl sites for hydroxylation is 2. The van der Waals surface area contributed by atoms with E-state index in [9.17, 15) is 12.8 Å². The number of hydrogen-bond donors (Lipinski definition) is 0. The zero-order chi connectivity index (χ0) is 19.6. The summed E-state index contributed by atoms with van der Waals surface area (Å²) < 4.78 is 46.1. The van der Waals surface area contributed by atoms with E-state index in [4.69, 9.17) is 16.1 Å². The molecule has 1 heterocycles. The van der Waals surface area contributed by atoms with E-state index in [0.29, 0.717) is 27.6 Å². The summed E-state index contributed by atoms with van der Waals surface area (Å²) in [7, 11) is -3.82. The highest BCUT2D eigenvalue weighted by Crippen LogP contribution is 2.25. The van der Waals surface area contributed by atoms with Crippen LogP contribution in [0.1, 0.15) is 22.6 Å². The van der Waals surface area contributed by atoms with Crippen molar-refractivity contribution in [2.24, 2.45) is 0 Å². The number of rotatable bonds is 6. The monoisotopic (exact) mass is 408 g/mol. The maximum absolute atomic E-state index is 13.2. The average Bonchev–Trinajstić information content (AvgIpc) is 2.95. The fourth-order valence-corrected chi connectivity index (χ4v) is 4.20.